The number of nitrogens with two attached hydrogens (primary N) is 1. The summed E-state index contributed by atoms with van der Waals surface area (Å²) in [6, 6.07) is 9.61. The van der Waals surface area contributed by atoms with Crippen molar-refractivity contribution in [2.24, 2.45) is 5.10 Å². The molecule has 122 valence electrons. The predicted octanol–water partition coefficient (Wildman–Crippen LogP) is 0.852. The first-order chi connectivity index (χ1) is 11.6. The second-order valence-electron chi connectivity index (χ2n) is 5.05. The number of anilines is 1. The van der Waals surface area contributed by atoms with Crippen LogP contribution in [0.1, 0.15) is 22.5 Å². The van der Waals surface area contributed by atoms with Crippen molar-refractivity contribution in [1.82, 2.24) is 15.0 Å². The average molecular weight is 325 g/mol. The summed E-state index contributed by atoms with van der Waals surface area (Å²) in [5, 5.41) is 5.58. The van der Waals surface area contributed by atoms with Crippen molar-refractivity contribution < 1.29 is 14.3 Å². The molecule has 8 nitrogen and oxygen atoms in total. The maximum Gasteiger partial charge on any atom is 0.361 e. The Morgan fingerprint density at radius 2 is 1.92 bits per heavy atom. The van der Waals surface area contributed by atoms with Gasteiger partial charge < -0.3 is 10.5 Å². The predicted molar refractivity (Wildman–Crippen MR) is 86.0 cm³/mol. The minimum absolute atomic E-state index is 0.0412. The molecular formula is C16H15N5O3. The molecular weight excluding hydrogens is 310 g/mol. The number of rotatable bonds is 4. The number of esters is 1. The highest BCUT2D eigenvalue weighted by atomic mass is 16.5. The van der Waals surface area contributed by atoms with Gasteiger partial charge in [-0.1, -0.05) is 30.3 Å². The van der Waals surface area contributed by atoms with E-state index in [-0.39, 0.29) is 11.5 Å². The Labute approximate surface area is 138 Å². The van der Waals surface area contributed by atoms with Crippen LogP contribution in [0.5, 0.6) is 0 Å². The van der Waals surface area contributed by atoms with E-state index in [1.807, 2.05) is 30.3 Å². The second kappa shape index (κ2) is 6.86. The summed E-state index contributed by atoms with van der Waals surface area (Å²) in [7, 11) is 0. The van der Waals surface area contributed by atoms with Gasteiger partial charge in [0.25, 0.3) is 5.91 Å². The summed E-state index contributed by atoms with van der Waals surface area (Å²) in [4.78, 5) is 31.5. The molecule has 0 aliphatic carbocycles. The summed E-state index contributed by atoms with van der Waals surface area (Å²) in [5.74, 6) is -1.24. The van der Waals surface area contributed by atoms with Crippen LogP contribution in [-0.2, 0) is 9.53 Å². The minimum Gasteiger partial charge on any atom is -0.451 e. The molecule has 0 radical (unpaired) electrons. The Hall–Kier alpha value is -3.29. The number of nitrogen functional groups attached to an aromatic ring is 1. The van der Waals surface area contributed by atoms with E-state index < -0.39 is 18.5 Å². The van der Waals surface area contributed by atoms with Crippen LogP contribution in [0.15, 0.2) is 47.8 Å². The highest BCUT2D eigenvalue weighted by molar-refractivity contribution is 6.02. The summed E-state index contributed by atoms with van der Waals surface area (Å²) < 4.78 is 4.94. The fraction of sp³-hybridized carbons (Fsp3) is 0.188. The Morgan fingerprint density at radius 1 is 1.17 bits per heavy atom. The molecule has 8 heteroatoms. The molecule has 1 aliphatic heterocycles. The van der Waals surface area contributed by atoms with E-state index in [4.69, 9.17) is 10.5 Å². The van der Waals surface area contributed by atoms with Gasteiger partial charge in [-0.2, -0.15) is 5.10 Å². The molecule has 0 atom stereocenters. The summed E-state index contributed by atoms with van der Waals surface area (Å²) in [5.41, 5.74) is 7.23. The van der Waals surface area contributed by atoms with E-state index in [9.17, 15) is 9.59 Å². The van der Waals surface area contributed by atoms with Gasteiger partial charge in [0.2, 0.25) is 0 Å². The molecule has 1 amide bonds. The van der Waals surface area contributed by atoms with Gasteiger partial charge in [0.05, 0.1) is 12.3 Å². The lowest BCUT2D eigenvalue weighted by Gasteiger charge is -2.11. The number of hydrazone groups is 1. The zero-order chi connectivity index (χ0) is 16.9. The van der Waals surface area contributed by atoms with Crippen molar-refractivity contribution in [2.75, 3.05) is 18.9 Å². The molecule has 0 spiro atoms. The number of nitrogens with zero attached hydrogens (tertiary/aromatic N) is 4. The maximum atomic E-state index is 12.1. The summed E-state index contributed by atoms with van der Waals surface area (Å²) in [6.07, 6.45) is 3.34. The first kappa shape index (κ1) is 15.6. The topological polar surface area (TPSA) is 111 Å². The lowest BCUT2D eigenvalue weighted by molar-refractivity contribution is -0.134. The molecule has 2 aromatic rings. The standard InChI is InChI=1S/C16H15N5O3/c17-15-14(18-7-8-19-15)16(23)24-10-13(22)21-9-6-12(20-21)11-4-2-1-3-5-11/h1-5,7-8H,6,9-10H2,(H2,17,19). The lowest BCUT2D eigenvalue weighted by atomic mass is 10.1. The monoisotopic (exact) mass is 325 g/mol. The average Bonchev–Trinajstić information content (AvgIpc) is 3.11. The van der Waals surface area contributed by atoms with Gasteiger partial charge in [-0.15, -0.1) is 0 Å². The van der Waals surface area contributed by atoms with Crippen molar-refractivity contribution in [3.8, 4) is 0 Å². The minimum atomic E-state index is -0.791. The van der Waals surface area contributed by atoms with Crippen molar-refractivity contribution >= 4 is 23.4 Å². The van der Waals surface area contributed by atoms with Crippen LogP contribution in [0.3, 0.4) is 0 Å². The van der Waals surface area contributed by atoms with Gasteiger partial charge in [-0.25, -0.2) is 19.8 Å². The largest absolute Gasteiger partial charge is 0.451 e. The van der Waals surface area contributed by atoms with Crippen LogP contribution in [0.4, 0.5) is 5.82 Å². The zero-order valence-electron chi connectivity index (χ0n) is 12.8. The van der Waals surface area contributed by atoms with E-state index in [0.29, 0.717) is 13.0 Å². The van der Waals surface area contributed by atoms with Crippen LogP contribution in [-0.4, -0.2) is 45.7 Å². The molecule has 2 heterocycles. The number of ether oxygens (including phenoxy) is 1. The van der Waals surface area contributed by atoms with E-state index in [2.05, 4.69) is 15.1 Å². The first-order valence-electron chi connectivity index (χ1n) is 7.32. The lowest BCUT2D eigenvalue weighted by Crippen LogP contribution is -2.29. The van der Waals surface area contributed by atoms with Gasteiger partial charge in [0, 0.05) is 18.8 Å². The molecule has 1 aromatic heterocycles. The zero-order valence-corrected chi connectivity index (χ0v) is 12.8. The number of benzene rings is 1. The van der Waals surface area contributed by atoms with E-state index in [0.717, 1.165) is 11.3 Å². The number of carbonyl (C=O) groups excluding carboxylic acids is 2. The van der Waals surface area contributed by atoms with Crippen molar-refractivity contribution in [3.63, 3.8) is 0 Å². The van der Waals surface area contributed by atoms with Crippen LogP contribution in [0.25, 0.3) is 0 Å². The molecule has 24 heavy (non-hydrogen) atoms. The van der Waals surface area contributed by atoms with Gasteiger partial charge in [-0.05, 0) is 5.56 Å². The van der Waals surface area contributed by atoms with Crippen LogP contribution in [0, 0.1) is 0 Å². The van der Waals surface area contributed by atoms with Crippen molar-refractivity contribution in [2.45, 2.75) is 6.42 Å². The molecule has 0 bridgehead atoms. The number of hydrogen-bond acceptors (Lipinski definition) is 7. The van der Waals surface area contributed by atoms with Crippen LogP contribution in [0.2, 0.25) is 0 Å². The molecule has 2 N–H and O–H groups in total. The molecule has 0 saturated carbocycles. The molecule has 0 fully saturated rings. The third-order valence-electron chi connectivity index (χ3n) is 3.44. The highest BCUT2D eigenvalue weighted by Crippen LogP contribution is 2.14. The molecule has 1 aromatic carbocycles. The third kappa shape index (κ3) is 3.37. The fourth-order valence-electron chi connectivity index (χ4n) is 2.25. The van der Waals surface area contributed by atoms with Gasteiger partial charge in [0.1, 0.15) is 0 Å². The molecule has 3 rings (SSSR count). The highest BCUT2D eigenvalue weighted by Gasteiger charge is 2.23. The molecule has 0 unspecified atom stereocenters. The van der Waals surface area contributed by atoms with Crippen molar-refractivity contribution in [1.29, 1.82) is 0 Å². The fourth-order valence-corrected chi connectivity index (χ4v) is 2.25. The Bertz CT molecular complexity index is 791. The number of hydrogen-bond donors (Lipinski definition) is 1. The van der Waals surface area contributed by atoms with Gasteiger partial charge in [-0.3, -0.25) is 4.79 Å². The Morgan fingerprint density at radius 3 is 2.67 bits per heavy atom. The quantitative estimate of drug-likeness (QED) is 0.834. The Kier molecular flexibility index (Phi) is 4.46. The van der Waals surface area contributed by atoms with Gasteiger partial charge in [0.15, 0.2) is 18.1 Å². The normalized spacial score (nSPS) is 13.5. The maximum absolute atomic E-state index is 12.1. The molecule has 0 saturated heterocycles. The summed E-state index contributed by atoms with van der Waals surface area (Å²) >= 11 is 0. The smallest absolute Gasteiger partial charge is 0.361 e. The van der Waals surface area contributed by atoms with E-state index in [1.165, 1.54) is 17.4 Å². The van der Waals surface area contributed by atoms with E-state index >= 15 is 0 Å². The SMILES string of the molecule is Nc1nccnc1C(=O)OCC(=O)N1CCC(c2ccccc2)=N1. The van der Waals surface area contributed by atoms with Crippen LogP contribution < -0.4 is 5.73 Å². The number of carbonyl (C=O) groups is 2. The van der Waals surface area contributed by atoms with Gasteiger partial charge >= 0.3 is 5.97 Å². The number of aromatic nitrogens is 2. The Balaban J connectivity index is 1.59. The third-order valence-corrected chi connectivity index (χ3v) is 3.44. The summed E-state index contributed by atoms with van der Waals surface area (Å²) in [6.45, 7) is 0.0221. The molecule has 1 aliphatic rings. The van der Waals surface area contributed by atoms with Crippen LogP contribution >= 0.6 is 0 Å². The van der Waals surface area contributed by atoms with Crippen molar-refractivity contribution in [3.05, 3.63) is 54.0 Å². The van der Waals surface area contributed by atoms with E-state index in [1.54, 1.807) is 0 Å². The number of amides is 1. The second-order valence-corrected chi connectivity index (χ2v) is 5.05. The first-order valence-corrected chi connectivity index (χ1v) is 7.32.